The number of allylic oxidation sites excluding steroid dienone is 1. The van der Waals surface area contributed by atoms with Crippen molar-refractivity contribution < 1.29 is 4.79 Å². The van der Waals surface area contributed by atoms with Gasteiger partial charge in [0.1, 0.15) is 5.82 Å². The number of amides is 1. The number of H-pyrrole nitrogens is 1. The van der Waals surface area contributed by atoms with E-state index in [1.54, 1.807) is 6.08 Å². The summed E-state index contributed by atoms with van der Waals surface area (Å²) in [5, 5.41) is 0. The van der Waals surface area contributed by atoms with Crippen molar-refractivity contribution in [3.8, 4) is 0 Å². The van der Waals surface area contributed by atoms with E-state index < -0.39 is 0 Å². The predicted octanol–water partition coefficient (Wildman–Crippen LogP) is 0.0458. The number of carbonyl (C=O) groups excluding carboxylic acids is 1. The molecule has 21 heavy (non-hydrogen) atoms. The van der Waals surface area contributed by atoms with Gasteiger partial charge >= 0.3 is 0 Å². The molecule has 3 rings (SSSR count). The molecule has 1 aliphatic carbocycles. The van der Waals surface area contributed by atoms with Gasteiger partial charge in [0.05, 0.1) is 11.3 Å². The van der Waals surface area contributed by atoms with Crippen LogP contribution in [-0.4, -0.2) is 58.9 Å². The molecular weight excluding hydrogens is 268 g/mol. The maximum absolute atomic E-state index is 12.2. The van der Waals surface area contributed by atoms with Crippen molar-refractivity contribution in [2.75, 3.05) is 33.2 Å². The molecule has 2 heterocycles. The number of hydrogen-bond donors (Lipinski definition) is 1. The van der Waals surface area contributed by atoms with Crippen molar-refractivity contribution in [1.29, 1.82) is 0 Å². The van der Waals surface area contributed by atoms with Crippen molar-refractivity contribution in [2.24, 2.45) is 0 Å². The van der Waals surface area contributed by atoms with E-state index in [2.05, 4.69) is 21.9 Å². The number of hydrogen-bond acceptors (Lipinski definition) is 4. The topological polar surface area (TPSA) is 69.3 Å². The van der Waals surface area contributed by atoms with Gasteiger partial charge in [-0.25, -0.2) is 4.98 Å². The number of rotatable bonds is 3. The molecule has 0 spiro atoms. The number of aromatic nitrogens is 2. The Morgan fingerprint density at radius 2 is 2.10 bits per heavy atom. The van der Waals surface area contributed by atoms with Crippen LogP contribution >= 0.6 is 0 Å². The molecule has 0 unspecified atom stereocenters. The van der Waals surface area contributed by atoms with Crippen molar-refractivity contribution in [1.82, 2.24) is 19.8 Å². The number of aryl methyl sites for hydroxylation is 1. The zero-order valence-electron chi connectivity index (χ0n) is 12.3. The van der Waals surface area contributed by atoms with Gasteiger partial charge < -0.3 is 14.8 Å². The number of carbonyl (C=O) groups is 1. The highest BCUT2D eigenvalue weighted by Crippen LogP contribution is 2.13. The summed E-state index contributed by atoms with van der Waals surface area (Å²) in [4.78, 5) is 35.4. The molecule has 1 aromatic heterocycles. The van der Waals surface area contributed by atoms with Gasteiger partial charge in [-0.1, -0.05) is 12.2 Å². The lowest BCUT2D eigenvalue weighted by Gasteiger charge is -2.32. The maximum atomic E-state index is 12.2. The predicted molar refractivity (Wildman–Crippen MR) is 80.0 cm³/mol. The molecule has 0 saturated carbocycles. The lowest BCUT2D eigenvalue weighted by molar-refractivity contribution is -0.132. The third-order valence-corrected chi connectivity index (χ3v) is 4.11. The van der Waals surface area contributed by atoms with Crippen LogP contribution in [0.2, 0.25) is 0 Å². The van der Waals surface area contributed by atoms with Crippen LogP contribution in [0.25, 0.3) is 6.08 Å². The maximum Gasteiger partial charge on any atom is 0.258 e. The first-order valence-electron chi connectivity index (χ1n) is 7.38. The molecule has 1 aromatic rings. The molecular formula is C15H20N4O2. The van der Waals surface area contributed by atoms with Crippen LogP contribution in [0.1, 0.15) is 23.5 Å². The van der Waals surface area contributed by atoms with E-state index in [-0.39, 0.29) is 11.5 Å². The lowest BCUT2D eigenvalue weighted by atomic mass is 10.2. The lowest BCUT2D eigenvalue weighted by Crippen LogP contribution is -2.47. The summed E-state index contributed by atoms with van der Waals surface area (Å²) in [6.45, 7) is 3.41. The Labute approximate surface area is 123 Å². The molecule has 2 aliphatic rings. The highest BCUT2D eigenvalue weighted by Gasteiger charge is 2.19. The summed E-state index contributed by atoms with van der Waals surface area (Å²) in [5.41, 5.74) is 1.38. The number of nitrogens with zero attached hydrogens (tertiary/aromatic N) is 3. The molecule has 0 radical (unpaired) electrons. The number of fused-ring (bicyclic) bond motifs is 1. The van der Waals surface area contributed by atoms with E-state index in [9.17, 15) is 9.59 Å². The normalized spacial score (nSPS) is 18.0. The standard InChI is InChI=1S/C15H20N4O2/c1-18-7-9-19(10-8-18)14(20)6-5-13-16-12-4-2-3-11(12)15(21)17-13/h2-3H,4-10H2,1H3,(H,16,17,21). The van der Waals surface area contributed by atoms with Crippen LogP contribution in [-0.2, 0) is 17.6 Å². The average molecular weight is 288 g/mol. The Bertz CT molecular complexity index is 627. The van der Waals surface area contributed by atoms with Crippen LogP contribution in [0.4, 0.5) is 0 Å². The SMILES string of the molecule is CN1CCN(C(=O)CCc2nc3c(c(=O)[nH]2)C=CC3)CC1. The molecule has 1 aliphatic heterocycles. The fraction of sp³-hybridized carbons (Fsp3) is 0.533. The first-order chi connectivity index (χ1) is 10.1. The monoisotopic (exact) mass is 288 g/mol. The molecule has 0 bridgehead atoms. The van der Waals surface area contributed by atoms with Gasteiger partial charge in [-0.2, -0.15) is 0 Å². The molecule has 6 heteroatoms. The summed E-state index contributed by atoms with van der Waals surface area (Å²) in [5.74, 6) is 0.759. The van der Waals surface area contributed by atoms with Gasteiger partial charge in [0, 0.05) is 45.4 Å². The summed E-state index contributed by atoms with van der Waals surface area (Å²) < 4.78 is 0. The van der Waals surface area contributed by atoms with Crippen molar-refractivity contribution in [2.45, 2.75) is 19.3 Å². The Hall–Kier alpha value is -1.95. The first-order valence-corrected chi connectivity index (χ1v) is 7.38. The van der Waals surface area contributed by atoms with E-state index >= 15 is 0 Å². The molecule has 1 fully saturated rings. The molecule has 112 valence electrons. The molecule has 6 nitrogen and oxygen atoms in total. The average Bonchev–Trinajstić information content (AvgIpc) is 2.94. The molecule has 1 saturated heterocycles. The fourth-order valence-corrected chi connectivity index (χ4v) is 2.75. The van der Waals surface area contributed by atoms with Gasteiger partial charge in [0.15, 0.2) is 0 Å². The minimum absolute atomic E-state index is 0.101. The quantitative estimate of drug-likeness (QED) is 0.853. The Balaban J connectivity index is 1.59. The second kappa shape index (κ2) is 5.81. The van der Waals surface area contributed by atoms with Crippen molar-refractivity contribution >= 4 is 12.0 Å². The fourth-order valence-electron chi connectivity index (χ4n) is 2.75. The van der Waals surface area contributed by atoms with E-state index in [1.807, 2.05) is 11.0 Å². The summed E-state index contributed by atoms with van der Waals surface area (Å²) in [6.07, 6.45) is 5.34. The minimum atomic E-state index is -0.101. The number of piperazine rings is 1. The van der Waals surface area contributed by atoms with Crippen LogP contribution in [0.3, 0.4) is 0 Å². The molecule has 0 aromatic carbocycles. The second-order valence-corrected chi connectivity index (χ2v) is 5.66. The van der Waals surface area contributed by atoms with Gasteiger partial charge in [0.25, 0.3) is 5.56 Å². The highest BCUT2D eigenvalue weighted by atomic mass is 16.2. The Kier molecular flexibility index (Phi) is 3.88. The van der Waals surface area contributed by atoms with Crippen LogP contribution < -0.4 is 5.56 Å². The summed E-state index contributed by atoms with van der Waals surface area (Å²) in [6, 6.07) is 0. The molecule has 1 N–H and O–H groups in total. The minimum Gasteiger partial charge on any atom is -0.340 e. The highest BCUT2D eigenvalue weighted by molar-refractivity contribution is 5.76. The van der Waals surface area contributed by atoms with E-state index in [0.29, 0.717) is 30.7 Å². The third kappa shape index (κ3) is 3.05. The number of likely N-dealkylation sites (N-methyl/N-ethyl adjacent to an activating group) is 1. The van der Waals surface area contributed by atoms with E-state index in [1.165, 1.54) is 0 Å². The summed E-state index contributed by atoms with van der Waals surface area (Å²) >= 11 is 0. The molecule has 0 atom stereocenters. The third-order valence-electron chi connectivity index (χ3n) is 4.11. The van der Waals surface area contributed by atoms with Gasteiger partial charge in [-0.05, 0) is 7.05 Å². The second-order valence-electron chi connectivity index (χ2n) is 5.66. The Morgan fingerprint density at radius 1 is 1.33 bits per heavy atom. The first kappa shape index (κ1) is 14.0. The zero-order chi connectivity index (χ0) is 14.8. The largest absolute Gasteiger partial charge is 0.340 e. The van der Waals surface area contributed by atoms with E-state index in [0.717, 1.165) is 31.9 Å². The molecule has 1 amide bonds. The van der Waals surface area contributed by atoms with Crippen LogP contribution in [0, 0.1) is 0 Å². The van der Waals surface area contributed by atoms with Gasteiger partial charge in [0.2, 0.25) is 5.91 Å². The van der Waals surface area contributed by atoms with Crippen LogP contribution in [0.5, 0.6) is 0 Å². The smallest absolute Gasteiger partial charge is 0.258 e. The summed E-state index contributed by atoms with van der Waals surface area (Å²) in [7, 11) is 2.06. The number of nitrogens with one attached hydrogen (secondary N) is 1. The van der Waals surface area contributed by atoms with E-state index in [4.69, 9.17) is 0 Å². The van der Waals surface area contributed by atoms with Crippen molar-refractivity contribution in [3.63, 3.8) is 0 Å². The number of aromatic amines is 1. The van der Waals surface area contributed by atoms with Gasteiger partial charge in [-0.3, -0.25) is 9.59 Å². The Morgan fingerprint density at radius 3 is 2.86 bits per heavy atom. The van der Waals surface area contributed by atoms with Gasteiger partial charge in [-0.15, -0.1) is 0 Å². The van der Waals surface area contributed by atoms with Crippen molar-refractivity contribution in [3.05, 3.63) is 33.5 Å². The van der Waals surface area contributed by atoms with Crippen LogP contribution in [0.15, 0.2) is 10.9 Å². The zero-order valence-corrected chi connectivity index (χ0v) is 12.3.